The lowest BCUT2D eigenvalue weighted by atomic mass is 10.3. The molecule has 1 rings (SSSR count). The molecule has 0 spiro atoms. The first-order valence-electron chi connectivity index (χ1n) is 3.76. The third kappa shape index (κ3) is 2.17. The molecule has 5 nitrogen and oxygen atoms in total. The van der Waals surface area contributed by atoms with E-state index in [-0.39, 0.29) is 5.91 Å². The molecular formula is C7H13NO4. The van der Waals surface area contributed by atoms with Gasteiger partial charge in [-0.15, -0.1) is 0 Å². The summed E-state index contributed by atoms with van der Waals surface area (Å²) in [5, 5.41) is 1.14. The van der Waals surface area contributed by atoms with E-state index < -0.39 is 6.10 Å². The second kappa shape index (κ2) is 4.39. The van der Waals surface area contributed by atoms with Crippen molar-refractivity contribution in [2.75, 3.05) is 34.0 Å². The summed E-state index contributed by atoms with van der Waals surface area (Å²) in [5.41, 5.74) is 0. The van der Waals surface area contributed by atoms with E-state index in [1.807, 2.05) is 0 Å². The number of ether oxygens (including phenoxy) is 2. The smallest absolute Gasteiger partial charge is 0.277 e. The fourth-order valence-electron chi connectivity index (χ4n) is 0.923. The lowest BCUT2D eigenvalue weighted by Gasteiger charge is -2.25. The summed E-state index contributed by atoms with van der Waals surface area (Å²) in [4.78, 5) is 16.0. The highest BCUT2D eigenvalue weighted by atomic mass is 16.7. The van der Waals surface area contributed by atoms with Crippen LogP contribution in [-0.2, 0) is 19.1 Å². The second-order valence-electron chi connectivity index (χ2n) is 2.45. The third-order valence-corrected chi connectivity index (χ3v) is 1.68. The van der Waals surface area contributed by atoms with Gasteiger partial charge in [0.25, 0.3) is 5.91 Å². The van der Waals surface area contributed by atoms with Gasteiger partial charge in [-0.25, -0.2) is 5.06 Å². The maximum Gasteiger partial charge on any atom is 0.277 e. The molecule has 0 aliphatic carbocycles. The molecule has 5 heteroatoms. The summed E-state index contributed by atoms with van der Waals surface area (Å²) < 4.78 is 10.2. The molecule has 1 aliphatic heterocycles. The highest BCUT2D eigenvalue weighted by Gasteiger charge is 2.25. The first kappa shape index (κ1) is 9.44. The molecule has 1 atom stereocenters. The van der Waals surface area contributed by atoms with E-state index in [4.69, 9.17) is 14.3 Å². The van der Waals surface area contributed by atoms with Crippen LogP contribution in [0.25, 0.3) is 0 Å². The van der Waals surface area contributed by atoms with E-state index in [0.29, 0.717) is 19.8 Å². The van der Waals surface area contributed by atoms with Gasteiger partial charge in [-0.1, -0.05) is 0 Å². The van der Waals surface area contributed by atoms with Gasteiger partial charge in [0.1, 0.15) is 0 Å². The third-order valence-electron chi connectivity index (χ3n) is 1.68. The summed E-state index contributed by atoms with van der Waals surface area (Å²) in [5.74, 6) is -0.211. The Labute approximate surface area is 71.1 Å². The number of hydrogen-bond acceptors (Lipinski definition) is 4. The maximum atomic E-state index is 11.3. The van der Waals surface area contributed by atoms with Crippen LogP contribution in [0.5, 0.6) is 0 Å². The highest BCUT2D eigenvalue weighted by molar-refractivity contribution is 5.79. The van der Waals surface area contributed by atoms with Gasteiger partial charge >= 0.3 is 0 Å². The zero-order valence-corrected chi connectivity index (χ0v) is 7.28. The van der Waals surface area contributed by atoms with Crippen LogP contribution in [0.15, 0.2) is 0 Å². The van der Waals surface area contributed by atoms with E-state index >= 15 is 0 Å². The van der Waals surface area contributed by atoms with Gasteiger partial charge in [0, 0.05) is 7.05 Å². The van der Waals surface area contributed by atoms with Crippen molar-refractivity contribution in [2.24, 2.45) is 0 Å². The molecule has 0 saturated carbocycles. The largest absolute Gasteiger partial charge is 0.376 e. The normalized spacial score (nSPS) is 23.7. The Kier molecular flexibility index (Phi) is 3.46. The first-order valence-corrected chi connectivity index (χ1v) is 3.76. The predicted octanol–water partition coefficient (Wildman–Crippen LogP) is -0.578. The average Bonchev–Trinajstić information content (AvgIpc) is 2.17. The zero-order valence-electron chi connectivity index (χ0n) is 7.28. The Morgan fingerprint density at radius 2 is 2.33 bits per heavy atom. The van der Waals surface area contributed by atoms with Crippen molar-refractivity contribution in [1.82, 2.24) is 5.06 Å². The molecule has 1 heterocycles. The number of likely N-dealkylation sites (N-methyl/N-ethyl adjacent to an activating group) is 1. The molecule has 1 saturated heterocycles. The number of amides is 1. The van der Waals surface area contributed by atoms with Crippen LogP contribution in [0.3, 0.4) is 0 Å². The monoisotopic (exact) mass is 175 g/mol. The number of hydrogen-bond donors (Lipinski definition) is 0. The fraction of sp³-hybridized carbons (Fsp3) is 0.857. The summed E-state index contributed by atoms with van der Waals surface area (Å²) in [6.45, 7) is 1.33. The van der Waals surface area contributed by atoms with E-state index in [0.717, 1.165) is 5.06 Å². The molecule has 0 aromatic rings. The fourth-order valence-corrected chi connectivity index (χ4v) is 0.923. The molecular weight excluding hydrogens is 162 g/mol. The van der Waals surface area contributed by atoms with Crippen molar-refractivity contribution in [3.8, 4) is 0 Å². The van der Waals surface area contributed by atoms with Crippen molar-refractivity contribution in [2.45, 2.75) is 6.10 Å². The van der Waals surface area contributed by atoms with Gasteiger partial charge in [0.05, 0.1) is 26.9 Å². The molecule has 1 aliphatic rings. The van der Waals surface area contributed by atoms with Crippen LogP contribution in [0.4, 0.5) is 0 Å². The van der Waals surface area contributed by atoms with Crippen LogP contribution in [0.2, 0.25) is 0 Å². The number of carbonyl (C=O) groups is 1. The summed E-state index contributed by atoms with van der Waals surface area (Å²) in [6, 6.07) is 0. The van der Waals surface area contributed by atoms with Crippen LogP contribution in [-0.4, -0.2) is 51.1 Å². The minimum absolute atomic E-state index is 0.211. The quantitative estimate of drug-likeness (QED) is 0.527. The van der Waals surface area contributed by atoms with Crippen molar-refractivity contribution in [3.63, 3.8) is 0 Å². The number of hydroxylamine groups is 2. The van der Waals surface area contributed by atoms with E-state index in [1.54, 1.807) is 7.05 Å². The predicted molar refractivity (Wildman–Crippen MR) is 40.3 cm³/mol. The molecule has 12 heavy (non-hydrogen) atoms. The number of nitrogens with zero attached hydrogens (tertiary/aromatic N) is 1. The van der Waals surface area contributed by atoms with Crippen molar-refractivity contribution < 1.29 is 19.1 Å². The van der Waals surface area contributed by atoms with Crippen molar-refractivity contribution in [1.29, 1.82) is 0 Å². The van der Waals surface area contributed by atoms with E-state index in [2.05, 4.69) is 0 Å². The van der Waals surface area contributed by atoms with Crippen LogP contribution < -0.4 is 0 Å². The maximum absolute atomic E-state index is 11.3. The highest BCUT2D eigenvalue weighted by Crippen LogP contribution is 2.03. The minimum atomic E-state index is -0.510. The van der Waals surface area contributed by atoms with Crippen molar-refractivity contribution >= 4 is 5.91 Å². The lowest BCUT2D eigenvalue weighted by molar-refractivity contribution is -0.191. The molecule has 70 valence electrons. The lowest BCUT2D eigenvalue weighted by Crippen LogP contribution is -2.43. The molecule has 1 amide bonds. The van der Waals surface area contributed by atoms with E-state index in [9.17, 15) is 4.79 Å². The van der Waals surface area contributed by atoms with Crippen LogP contribution in [0.1, 0.15) is 0 Å². The SMILES string of the molecule is CON(C)C(=O)[C@@H]1COCCO1. The topological polar surface area (TPSA) is 48.0 Å². The molecule has 0 bridgehead atoms. The van der Waals surface area contributed by atoms with Gasteiger partial charge in [0.15, 0.2) is 6.10 Å². The second-order valence-corrected chi connectivity index (χ2v) is 2.45. The molecule has 1 fully saturated rings. The Balaban J connectivity index is 2.39. The van der Waals surface area contributed by atoms with Crippen LogP contribution in [0, 0.1) is 0 Å². The summed E-state index contributed by atoms with van der Waals surface area (Å²) in [6.07, 6.45) is -0.510. The molecule has 0 N–H and O–H groups in total. The van der Waals surface area contributed by atoms with Gasteiger partial charge < -0.3 is 9.47 Å². The molecule has 0 radical (unpaired) electrons. The number of rotatable bonds is 2. The minimum Gasteiger partial charge on any atom is -0.376 e. The molecule has 0 aromatic carbocycles. The summed E-state index contributed by atoms with van der Waals surface area (Å²) in [7, 11) is 2.97. The van der Waals surface area contributed by atoms with Gasteiger partial charge in [0.2, 0.25) is 0 Å². The Morgan fingerprint density at radius 1 is 1.58 bits per heavy atom. The van der Waals surface area contributed by atoms with Gasteiger partial charge in [-0.05, 0) is 0 Å². The summed E-state index contributed by atoms with van der Waals surface area (Å²) >= 11 is 0. The molecule has 0 aromatic heterocycles. The zero-order chi connectivity index (χ0) is 8.97. The van der Waals surface area contributed by atoms with Crippen molar-refractivity contribution in [3.05, 3.63) is 0 Å². The average molecular weight is 175 g/mol. The van der Waals surface area contributed by atoms with Crippen LogP contribution >= 0.6 is 0 Å². The number of carbonyl (C=O) groups excluding carboxylic acids is 1. The Hall–Kier alpha value is -0.650. The first-order chi connectivity index (χ1) is 5.75. The Morgan fingerprint density at radius 3 is 2.83 bits per heavy atom. The van der Waals surface area contributed by atoms with Gasteiger partial charge in [-0.2, -0.15) is 0 Å². The standard InChI is InChI=1S/C7H13NO4/c1-8(10-2)7(9)6-5-11-3-4-12-6/h6H,3-5H2,1-2H3/t6-/m0/s1. The van der Waals surface area contributed by atoms with Gasteiger partial charge in [-0.3, -0.25) is 9.63 Å². The Bertz CT molecular complexity index is 155. The molecule has 0 unspecified atom stereocenters. The van der Waals surface area contributed by atoms with E-state index in [1.165, 1.54) is 7.11 Å².